The average Bonchev–Trinajstić information content (AvgIpc) is 1.87. The van der Waals surface area contributed by atoms with Gasteiger partial charge in [-0.05, 0) is 20.8 Å². The molecule has 0 saturated heterocycles. The fourth-order valence-corrected chi connectivity index (χ4v) is 0.454. The van der Waals surface area contributed by atoms with Crippen molar-refractivity contribution in [3.8, 4) is 0 Å². The third kappa shape index (κ3) is 3.78. The van der Waals surface area contributed by atoms with Crippen LogP contribution in [0.4, 0.5) is 0 Å². The number of rotatable bonds is 3. The first kappa shape index (κ1) is 10.2. The van der Waals surface area contributed by atoms with Crippen molar-refractivity contribution >= 4 is 5.91 Å². The van der Waals surface area contributed by atoms with Crippen molar-refractivity contribution in [3.05, 3.63) is 12.2 Å². The Morgan fingerprint density at radius 2 is 2.09 bits per heavy atom. The first-order chi connectivity index (χ1) is 4.89. The normalized spacial score (nSPS) is 10.9. The van der Waals surface area contributed by atoms with Gasteiger partial charge >= 0.3 is 0 Å². The molecule has 0 fully saturated rings. The van der Waals surface area contributed by atoms with Crippen LogP contribution in [-0.4, -0.2) is 23.2 Å². The molecule has 0 aliphatic heterocycles. The van der Waals surface area contributed by atoms with Gasteiger partial charge in [0.25, 0.3) is 0 Å². The molecule has 3 heteroatoms. The molecule has 0 aliphatic carbocycles. The molecular weight excluding hydrogens is 142 g/mol. The van der Waals surface area contributed by atoms with Crippen LogP contribution in [0.1, 0.15) is 20.8 Å². The van der Waals surface area contributed by atoms with Crippen molar-refractivity contribution in [1.29, 1.82) is 0 Å². The van der Waals surface area contributed by atoms with Gasteiger partial charge in [0.2, 0.25) is 5.91 Å². The van der Waals surface area contributed by atoms with E-state index in [1.165, 1.54) is 0 Å². The number of hydrogen-bond donors (Lipinski definition) is 2. The highest BCUT2D eigenvalue weighted by Crippen LogP contribution is 2.01. The molecule has 0 radical (unpaired) electrons. The molecule has 0 saturated carbocycles. The Morgan fingerprint density at radius 3 is 2.36 bits per heavy atom. The summed E-state index contributed by atoms with van der Waals surface area (Å²) in [4.78, 5) is 11.0. The molecule has 0 aliphatic rings. The second-order valence-electron chi connectivity index (χ2n) is 3.28. The van der Waals surface area contributed by atoms with Crippen molar-refractivity contribution in [1.82, 2.24) is 5.32 Å². The number of aliphatic hydroxyl groups is 1. The molecule has 3 nitrogen and oxygen atoms in total. The smallest absolute Gasteiger partial charge is 0.246 e. The summed E-state index contributed by atoms with van der Waals surface area (Å²) < 4.78 is 0. The van der Waals surface area contributed by atoms with Crippen molar-refractivity contribution in [2.45, 2.75) is 26.3 Å². The third-order valence-corrected chi connectivity index (χ3v) is 1.23. The van der Waals surface area contributed by atoms with E-state index in [-0.39, 0.29) is 12.5 Å². The summed E-state index contributed by atoms with van der Waals surface area (Å²) in [5.41, 5.74) is -0.109. The molecule has 0 spiro atoms. The average molecular weight is 157 g/mol. The highest BCUT2D eigenvalue weighted by molar-refractivity contribution is 5.92. The van der Waals surface area contributed by atoms with E-state index in [1.807, 2.05) is 0 Å². The van der Waals surface area contributed by atoms with E-state index >= 15 is 0 Å². The lowest BCUT2D eigenvalue weighted by atomic mass is 10.1. The molecule has 2 N–H and O–H groups in total. The summed E-state index contributed by atoms with van der Waals surface area (Å²) in [6.07, 6.45) is 0. The van der Waals surface area contributed by atoms with E-state index in [0.29, 0.717) is 5.57 Å². The van der Waals surface area contributed by atoms with E-state index in [4.69, 9.17) is 5.11 Å². The Bertz CT molecular complexity index is 173. The predicted molar refractivity (Wildman–Crippen MR) is 44.1 cm³/mol. The number of carbonyl (C=O) groups is 1. The highest BCUT2D eigenvalue weighted by atomic mass is 16.3. The fraction of sp³-hybridized carbons (Fsp3) is 0.625. The topological polar surface area (TPSA) is 49.3 Å². The number of carbonyl (C=O) groups excluding carboxylic acids is 1. The van der Waals surface area contributed by atoms with Crippen LogP contribution in [0, 0.1) is 0 Å². The van der Waals surface area contributed by atoms with Gasteiger partial charge in [-0.3, -0.25) is 4.79 Å². The zero-order chi connectivity index (χ0) is 9.07. The van der Waals surface area contributed by atoms with Crippen LogP contribution in [0.15, 0.2) is 12.2 Å². The minimum Gasteiger partial charge on any atom is -0.394 e. The van der Waals surface area contributed by atoms with E-state index < -0.39 is 5.54 Å². The van der Waals surface area contributed by atoms with Crippen molar-refractivity contribution in [3.63, 3.8) is 0 Å². The van der Waals surface area contributed by atoms with Gasteiger partial charge in [-0.2, -0.15) is 0 Å². The molecule has 0 aromatic heterocycles. The maximum atomic E-state index is 11.0. The van der Waals surface area contributed by atoms with Gasteiger partial charge in [-0.1, -0.05) is 6.58 Å². The lowest BCUT2D eigenvalue weighted by Gasteiger charge is -2.23. The van der Waals surface area contributed by atoms with Crippen molar-refractivity contribution in [2.24, 2.45) is 0 Å². The third-order valence-electron chi connectivity index (χ3n) is 1.23. The second kappa shape index (κ2) is 3.53. The summed E-state index contributed by atoms with van der Waals surface area (Å²) in [5, 5.41) is 11.4. The van der Waals surface area contributed by atoms with E-state index in [0.717, 1.165) is 0 Å². The Hall–Kier alpha value is -0.830. The SMILES string of the molecule is C=C(C)C(=O)NC(C)(C)CO. The number of amides is 1. The van der Waals surface area contributed by atoms with Gasteiger partial charge in [0.05, 0.1) is 12.1 Å². The summed E-state index contributed by atoms with van der Waals surface area (Å²) in [6, 6.07) is 0. The largest absolute Gasteiger partial charge is 0.394 e. The maximum Gasteiger partial charge on any atom is 0.246 e. The standard InChI is InChI=1S/C8H15NO2/c1-6(2)7(11)9-8(3,4)5-10/h10H,1,5H2,2-4H3,(H,9,11). The molecule has 0 aromatic rings. The van der Waals surface area contributed by atoms with Crippen LogP contribution < -0.4 is 5.32 Å². The molecular formula is C8H15NO2. The van der Waals surface area contributed by atoms with E-state index in [9.17, 15) is 4.79 Å². The zero-order valence-electron chi connectivity index (χ0n) is 7.27. The first-order valence-corrected chi connectivity index (χ1v) is 3.48. The second-order valence-corrected chi connectivity index (χ2v) is 3.28. The Kier molecular flexibility index (Phi) is 3.26. The van der Waals surface area contributed by atoms with Crippen LogP contribution in [0.5, 0.6) is 0 Å². The summed E-state index contributed by atoms with van der Waals surface area (Å²) in [7, 11) is 0. The summed E-state index contributed by atoms with van der Waals surface area (Å²) in [5.74, 6) is -0.218. The fourth-order valence-electron chi connectivity index (χ4n) is 0.454. The monoisotopic (exact) mass is 157 g/mol. The van der Waals surface area contributed by atoms with Gasteiger partial charge in [0.1, 0.15) is 0 Å². The van der Waals surface area contributed by atoms with Gasteiger partial charge < -0.3 is 10.4 Å². The predicted octanol–water partition coefficient (Wildman–Crippen LogP) is 0.450. The minimum absolute atomic E-state index is 0.0774. The molecule has 0 bridgehead atoms. The Morgan fingerprint density at radius 1 is 1.64 bits per heavy atom. The van der Waals surface area contributed by atoms with Crippen LogP contribution >= 0.6 is 0 Å². The van der Waals surface area contributed by atoms with Crippen molar-refractivity contribution in [2.75, 3.05) is 6.61 Å². The van der Waals surface area contributed by atoms with E-state index in [1.54, 1.807) is 20.8 Å². The van der Waals surface area contributed by atoms with Crippen LogP contribution in [-0.2, 0) is 4.79 Å². The highest BCUT2D eigenvalue weighted by Gasteiger charge is 2.18. The van der Waals surface area contributed by atoms with E-state index in [2.05, 4.69) is 11.9 Å². The molecule has 11 heavy (non-hydrogen) atoms. The summed E-state index contributed by atoms with van der Waals surface area (Å²) >= 11 is 0. The van der Waals surface area contributed by atoms with Gasteiger partial charge in [0, 0.05) is 5.57 Å². The molecule has 0 unspecified atom stereocenters. The van der Waals surface area contributed by atoms with Crippen LogP contribution in [0.3, 0.4) is 0 Å². The Balaban J connectivity index is 4.04. The Labute approximate surface area is 67.1 Å². The summed E-state index contributed by atoms with van der Waals surface area (Å²) in [6.45, 7) is 8.52. The minimum atomic E-state index is -0.559. The van der Waals surface area contributed by atoms with Gasteiger partial charge in [0.15, 0.2) is 0 Å². The first-order valence-electron chi connectivity index (χ1n) is 3.48. The number of hydrogen-bond acceptors (Lipinski definition) is 2. The van der Waals surface area contributed by atoms with Crippen molar-refractivity contribution < 1.29 is 9.90 Å². The maximum absolute atomic E-state index is 11.0. The molecule has 0 aromatic carbocycles. The lowest BCUT2D eigenvalue weighted by Crippen LogP contribution is -2.46. The van der Waals surface area contributed by atoms with Gasteiger partial charge in [-0.25, -0.2) is 0 Å². The van der Waals surface area contributed by atoms with Crippen LogP contribution in [0.2, 0.25) is 0 Å². The van der Waals surface area contributed by atoms with Gasteiger partial charge in [-0.15, -0.1) is 0 Å². The van der Waals surface area contributed by atoms with Crippen LogP contribution in [0.25, 0.3) is 0 Å². The quantitative estimate of drug-likeness (QED) is 0.584. The number of nitrogens with one attached hydrogen (secondary N) is 1. The number of aliphatic hydroxyl groups excluding tert-OH is 1. The molecule has 1 amide bonds. The lowest BCUT2D eigenvalue weighted by molar-refractivity contribution is -0.119. The zero-order valence-corrected chi connectivity index (χ0v) is 7.27. The molecule has 0 rings (SSSR count). The molecule has 0 atom stereocenters. The molecule has 64 valence electrons. The molecule has 0 heterocycles.